The zero-order valence-corrected chi connectivity index (χ0v) is 11.7. The molecule has 0 aromatic carbocycles. The van der Waals surface area contributed by atoms with Crippen molar-refractivity contribution in [1.82, 2.24) is 0 Å². The molecule has 0 saturated heterocycles. The van der Waals surface area contributed by atoms with Crippen LogP contribution in [0, 0.1) is 5.21 Å². The molecule has 2 aliphatic rings. The summed E-state index contributed by atoms with van der Waals surface area (Å²) in [5, 5.41) is 12.4. The van der Waals surface area contributed by atoms with Crippen molar-refractivity contribution in [2.45, 2.75) is 13.3 Å². The fourth-order valence-electron chi connectivity index (χ4n) is 1.45. The quantitative estimate of drug-likeness (QED) is 0.314. The molecule has 2 nitrogen and oxygen atoms in total. The molecule has 0 unspecified atom stereocenters. The molecule has 84 valence electrons. The average Bonchev–Trinajstić information content (AvgIpc) is 2.53. The first kappa shape index (κ1) is 12.5. The van der Waals surface area contributed by atoms with E-state index in [1.54, 1.807) is 5.16 Å². The van der Waals surface area contributed by atoms with E-state index in [0.29, 0.717) is 0 Å². The predicted molar refractivity (Wildman–Crippen MR) is 73.3 cm³/mol. The summed E-state index contributed by atoms with van der Waals surface area (Å²) < 4.78 is 0. The smallest absolute Gasteiger partial charge is 0.148 e. The zero-order valence-electron chi connectivity index (χ0n) is 9.73. The highest BCUT2D eigenvalue weighted by molar-refractivity contribution is 6.36. The molecule has 0 bridgehead atoms. The highest BCUT2D eigenvalue weighted by Crippen LogP contribution is 2.17. The van der Waals surface area contributed by atoms with Crippen LogP contribution in [-0.4, -0.2) is 16.5 Å². The molecule has 1 N–H and O–H groups in total. The molecule has 2 aliphatic carbocycles. The van der Waals surface area contributed by atoms with E-state index in [1.807, 2.05) is 6.92 Å². The molecule has 3 heteroatoms. The van der Waals surface area contributed by atoms with Gasteiger partial charge in [0.2, 0.25) is 0 Å². The second kappa shape index (κ2) is 6.79. The second-order valence-electron chi connectivity index (χ2n) is 3.53. The topological polar surface area (TPSA) is 37.0 Å². The van der Waals surface area contributed by atoms with Crippen molar-refractivity contribution in [2.24, 2.45) is 0 Å². The van der Waals surface area contributed by atoms with Crippen LogP contribution in [0.25, 0.3) is 11.1 Å². The molecule has 0 spiro atoms. The van der Waals surface area contributed by atoms with Gasteiger partial charge in [0.15, 0.2) is 0 Å². The van der Waals surface area contributed by atoms with Crippen molar-refractivity contribution < 1.29 is 5.16 Å². The molecular weight excluding hydrogens is 214 g/mol. The summed E-state index contributed by atoms with van der Waals surface area (Å²) in [6, 6.07) is 15.0. The van der Waals surface area contributed by atoms with E-state index in [1.165, 1.54) is 22.5 Å². The number of hydrogen-bond acceptors (Lipinski definition) is 1. The molecule has 0 radical (unpaired) electrons. The van der Waals surface area contributed by atoms with Gasteiger partial charge in [0.25, 0.3) is 0 Å². The van der Waals surface area contributed by atoms with E-state index < -0.39 is 0 Å². The Bertz CT molecular complexity index is 428. The van der Waals surface area contributed by atoms with Crippen LogP contribution in [0.3, 0.4) is 0 Å². The molecule has 0 aliphatic heterocycles. The first-order valence-electron chi connectivity index (χ1n) is 5.43. The Morgan fingerprint density at radius 3 is 2.56 bits per heavy atom. The number of hydrogen-bond donors (Lipinski definition) is 1. The molecule has 0 saturated carbocycles. The Labute approximate surface area is 99.4 Å². The van der Waals surface area contributed by atoms with Gasteiger partial charge in [-0.25, -0.2) is 5.16 Å². The summed E-state index contributed by atoms with van der Waals surface area (Å²) in [5.41, 5.74) is 2.78. The maximum Gasteiger partial charge on any atom is 0.148 e. The summed E-state index contributed by atoms with van der Waals surface area (Å²) in [6.45, 7) is 1.89. The van der Waals surface area contributed by atoms with Gasteiger partial charge in [-0.2, -0.15) is 0 Å². The maximum absolute atomic E-state index is 9.22. The molecular formula is C13H17NOSi. The van der Waals surface area contributed by atoms with E-state index in [-0.39, 0.29) is 0 Å². The normalized spacial score (nSPS) is 10.3. The van der Waals surface area contributed by atoms with Crippen molar-refractivity contribution in [3.8, 4) is 11.1 Å². The maximum atomic E-state index is 9.22. The van der Waals surface area contributed by atoms with Gasteiger partial charge in [-0.05, 0) is 11.1 Å². The van der Waals surface area contributed by atoms with Crippen LogP contribution in [0.5, 0.6) is 0 Å². The van der Waals surface area contributed by atoms with Crippen molar-refractivity contribution in [3.05, 3.63) is 47.7 Å². The van der Waals surface area contributed by atoms with Crippen molar-refractivity contribution >= 4 is 21.6 Å². The highest BCUT2D eigenvalue weighted by Gasteiger charge is 2.01. The lowest BCUT2D eigenvalue weighted by atomic mass is 10.2. The van der Waals surface area contributed by atoms with E-state index in [2.05, 4.69) is 42.5 Å². The van der Waals surface area contributed by atoms with Crippen LogP contribution >= 0.6 is 0 Å². The summed E-state index contributed by atoms with van der Waals surface area (Å²) in [4.78, 5) is 0. The monoisotopic (exact) mass is 231 g/mol. The van der Waals surface area contributed by atoms with Gasteiger partial charge in [0.1, 0.15) is 6.21 Å². The van der Waals surface area contributed by atoms with Crippen molar-refractivity contribution in [3.63, 3.8) is 0 Å². The Morgan fingerprint density at radius 1 is 1.19 bits per heavy atom. The van der Waals surface area contributed by atoms with Crippen LogP contribution in [0.15, 0.2) is 42.5 Å². The van der Waals surface area contributed by atoms with Crippen LogP contribution < -0.4 is 10.3 Å². The largest absolute Gasteiger partial charge is 0.626 e. The SMILES string of the molecule is CCC=[NH+][O-].[SiH3]c1ccc2cccccc1-2. The van der Waals surface area contributed by atoms with Crippen LogP contribution in [0.2, 0.25) is 0 Å². The number of rotatable bonds is 1. The number of nitrogens with one attached hydrogen (secondary N) is 1. The highest BCUT2D eigenvalue weighted by atomic mass is 28.1. The molecule has 2 rings (SSSR count). The minimum atomic E-state index is 0.795. The Balaban J connectivity index is 0.000000221. The lowest BCUT2D eigenvalue weighted by Crippen LogP contribution is -2.59. The van der Waals surface area contributed by atoms with Crippen molar-refractivity contribution in [1.29, 1.82) is 0 Å². The summed E-state index contributed by atoms with van der Waals surface area (Å²) in [7, 11) is 1.14. The molecule has 0 fully saturated rings. The van der Waals surface area contributed by atoms with Crippen LogP contribution in [0.4, 0.5) is 0 Å². The summed E-state index contributed by atoms with van der Waals surface area (Å²) in [6.07, 6.45) is 2.24. The third kappa shape index (κ3) is 3.51. The van der Waals surface area contributed by atoms with Gasteiger partial charge in [-0.1, -0.05) is 54.6 Å². The number of fused-ring (bicyclic) bond motifs is 1. The Morgan fingerprint density at radius 2 is 1.94 bits per heavy atom. The molecule has 16 heavy (non-hydrogen) atoms. The summed E-state index contributed by atoms with van der Waals surface area (Å²) >= 11 is 0. The predicted octanol–water partition coefficient (Wildman–Crippen LogP) is -0.172. The molecule has 0 atom stereocenters. The van der Waals surface area contributed by atoms with Crippen LogP contribution in [0.1, 0.15) is 13.3 Å². The Hall–Kier alpha value is -1.61. The average molecular weight is 231 g/mol. The third-order valence-electron chi connectivity index (χ3n) is 2.30. The zero-order chi connectivity index (χ0) is 11.8. The third-order valence-corrected chi connectivity index (χ3v) is 3.17. The molecule has 0 aromatic heterocycles. The van der Waals surface area contributed by atoms with Gasteiger partial charge >= 0.3 is 0 Å². The van der Waals surface area contributed by atoms with Gasteiger partial charge < -0.3 is 5.21 Å². The standard InChI is InChI=1S/C10H10Si.C3H7NO/c11-10-7-6-8-4-2-1-3-5-9(8)10;1-2-3-4-5/h1-7H,11H3;3-4H,2H2,1H3. The van der Waals surface area contributed by atoms with Gasteiger partial charge in [-0.15, -0.1) is 0 Å². The van der Waals surface area contributed by atoms with E-state index in [4.69, 9.17) is 0 Å². The minimum Gasteiger partial charge on any atom is -0.626 e. The Kier molecular flexibility index (Phi) is 5.29. The fourth-order valence-corrected chi connectivity index (χ4v) is 2.08. The fraction of sp³-hybridized carbons (Fsp3) is 0.154. The van der Waals surface area contributed by atoms with E-state index in [9.17, 15) is 5.21 Å². The van der Waals surface area contributed by atoms with E-state index in [0.717, 1.165) is 16.7 Å². The lowest BCUT2D eigenvalue weighted by Gasteiger charge is -1.91. The first-order valence-corrected chi connectivity index (χ1v) is 6.43. The summed E-state index contributed by atoms with van der Waals surface area (Å²) in [5.74, 6) is 0. The first-order chi connectivity index (χ1) is 7.79. The van der Waals surface area contributed by atoms with E-state index >= 15 is 0 Å². The minimum absolute atomic E-state index is 0.795. The van der Waals surface area contributed by atoms with Gasteiger partial charge in [0, 0.05) is 16.7 Å². The second-order valence-corrected chi connectivity index (χ2v) is 4.60. The molecule has 0 heterocycles. The van der Waals surface area contributed by atoms with Gasteiger partial charge in [-0.3, -0.25) is 0 Å². The van der Waals surface area contributed by atoms with Gasteiger partial charge in [0.05, 0.1) is 0 Å². The lowest BCUT2D eigenvalue weighted by molar-refractivity contribution is -0.368. The molecule has 0 aromatic rings. The van der Waals surface area contributed by atoms with Crippen LogP contribution in [-0.2, 0) is 0 Å². The van der Waals surface area contributed by atoms with Crippen molar-refractivity contribution in [2.75, 3.05) is 0 Å². The molecule has 0 amide bonds.